The number of nitrogen functional groups attached to an aromatic ring is 1. The molecule has 0 radical (unpaired) electrons. The van der Waals surface area contributed by atoms with Crippen LogP contribution in [0.5, 0.6) is 0 Å². The Morgan fingerprint density at radius 3 is 2.78 bits per heavy atom. The molecule has 5 rings (SSSR count). The fourth-order valence-electron chi connectivity index (χ4n) is 4.34. The van der Waals surface area contributed by atoms with Gasteiger partial charge in [0.15, 0.2) is 0 Å². The van der Waals surface area contributed by atoms with E-state index in [1.807, 2.05) is 61.5 Å². The van der Waals surface area contributed by atoms with Crippen LogP contribution < -0.4 is 21.7 Å². The molecule has 0 atom stereocenters. The molecule has 37 heavy (non-hydrogen) atoms. The molecule has 1 aliphatic heterocycles. The van der Waals surface area contributed by atoms with Crippen molar-refractivity contribution in [3.05, 3.63) is 77.3 Å². The predicted octanol–water partition coefficient (Wildman–Crippen LogP) is 4.94. The minimum Gasteiger partial charge on any atom is -0.383 e. The van der Waals surface area contributed by atoms with Gasteiger partial charge in [-0.3, -0.25) is 9.69 Å². The highest BCUT2D eigenvalue weighted by Crippen LogP contribution is 2.39. The number of nitrogens with two attached hydrogens (primary N) is 1. The van der Waals surface area contributed by atoms with Crippen LogP contribution in [0.4, 0.5) is 22.0 Å². The number of rotatable bonds is 6. The van der Waals surface area contributed by atoms with Crippen molar-refractivity contribution in [1.82, 2.24) is 15.2 Å². The average Bonchev–Trinajstić information content (AvgIpc) is 3.32. The third-order valence-electron chi connectivity index (χ3n) is 6.16. The number of carbonyl (C=O) groups excluding carboxylic acids is 2. The lowest BCUT2D eigenvalue weighted by atomic mass is 10.0. The molecule has 0 bridgehead atoms. The van der Waals surface area contributed by atoms with Crippen LogP contribution in [0.15, 0.2) is 66.2 Å². The van der Waals surface area contributed by atoms with E-state index in [-0.39, 0.29) is 11.9 Å². The Morgan fingerprint density at radius 1 is 1.19 bits per heavy atom. The topological polar surface area (TPSA) is 112 Å². The SMILES string of the molecule is Cc1cccc(NC(=O)Nc2ccc(-c3csc4c(/C=C/CN5CCNC(=O)C5)cnc(N)c34)cc2)c1. The van der Waals surface area contributed by atoms with Gasteiger partial charge in [0.2, 0.25) is 5.91 Å². The number of fused-ring (bicyclic) bond motifs is 1. The summed E-state index contributed by atoms with van der Waals surface area (Å²) in [5.74, 6) is 0.544. The number of hydrogen-bond acceptors (Lipinski definition) is 6. The minimum atomic E-state index is -0.297. The summed E-state index contributed by atoms with van der Waals surface area (Å²) in [6, 6.07) is 15.0. The molecular formula is C28H28N6O2S. The number of benzene rings is 2. The Labute approximate surface area is 219 Å². The van der Waals surface area contributed by atoms with Crippen LogP contribution >= 0.6 is 11.3 Å². The van der Waals surface area contributed by atoms with Crippen molar-refractivity contribution in [2.24, 2.45) is 0 Å². The van der Waals surface area contributed by atoms with E-state index >= 15 is 0 Å². The van der Waals surface area contributed by atoms with Crippen molar-refractivity contribution in [3.63, 3.8) is 0 Å². The van der Waals surface area contributed by atoms with E-state index in [4.69, 9.17) is 5.73 Å². The molecule has 1 aliphatic rings. The molecule has 3 amide bonds. The average molecular weight is 513 g/mol. The molecule has 9 heteroatoms. The zero-order chi connectivity index (χ0) is 25.8. The smallest absolute Gasteiger partial charge is 0.323 e. The number of hydrogen-bond donors (Lipinski definition) is 4. The molecule has 2 aromatic carbocycles. The van der Waals surface area contributed by atoms with Crippen LogP contribution in [0.1, 0.15) is 11.1 Å². The number of nitrogens with one attached hydrogen (secondary N) is 3. The maximum Gasteiger partial charge on any atom is 0.323 e. The standard InChI is InChI=1S/C28H28N6O2S/c1-18-4-2-6-22(14-18)33-28(36)32-21-9-7-19(8-10-21)23-17-37-26-20(15-31-27(29)25(23)26)5-3-12-34-13-11-30-24(35)16-34/h2-10,14-15,17H,11-13,16H2,1H3,(H2,29,31)(H,30,35)(H2,32,33,36)/b5-3+. The van der Waals surface area contributed by atoms with E-state index in [0.717, 1.165) is 44.6 Å². The second kappa shape index (κ2) is 10.8. The highest BCUT2D eigenvalue weighted by molar-refractivity contribution is 7.18. The number of aryl methyl sites for hydroxylation is 1. The summed E-state index contributed by atoms with van der Waals surface area (Å²) in [7, 11) is 0. The number of nitrogens with zero attached hydrogens (tertiary/aromatic N) is 2. The molecule has 0 aliphatic carbocycles. The fraction of sp³-hybridized carbons (Fsp3) is 0.179. The van der Waals surface area contributed by atoms with Gasteiger partial charge in [-0.25, -0.2) is 9.78 Å². The number of aromatic nitrogens is 1. The number of carbonyl (C=O) groups is 2. The van der Waals surface area contributed by atoms with E-state index in [1.54, 1.807) is 17.5 Å². The van der Waals surface area contributed by atoms with Gasteiger partial charge in [-0.15, -0.1) is 11.3 Å². The van der Waals surface area contributed by atoms with E-state index in [1.165, 1.54) is 0 Å². The van der Waals surface area contributed by atoms with Crippen LogP contribution in [-0.2, 0) is 4.79 Å². The Bertz CT molecular complexity index is 1480. The molecule has 0 spiro atoms. The number of thiophene rings is 1. The van der Waals surface area contributed by atoms with Gasteiger partial charge in [0.1, 0.15) is 5.82 Å². The quantitative estimate of drug-likeness (QED) is 0.292. The first-order valence-corrected chi connectivity index (χ1v) is 12.9. The first-order chi connectivity index (χ1) is 18.0. The summed E-state index contributed by atoms with van der Waals surface area (Å²) in [5, 5.41) is 11.6. The molecule has 4 aromatic rings. The first kappa shape index (κ1) is 24.5. The molecule has 3 heterocycles. The monoisotopic (exact) mass is 512 g/mol. The number of urea groups is 1. The Kier molecular flexibility index (Phi) is 7.16. The van der Waals surface area contributed by atoms with Gasteiger partial charge in [0, 0.05) is 58.4 Å². The second-order valence-electron chi connectivity index (χ2n) is 8.97. The van der Waals surface area contributed by atoms with Crippen molar-refractivity contribution in [1.29, 1.82) is 0 Å². The van der Waals surface area contributed by atoms with E-state index in [2.05, 4.69) is 37.3 Å². The van der Waals surface area contributed by atoms with Crippen molar-refractivity contribution in [2.75, 3.05) is 42.5 Å². The van der Waals surface area contributed by atoms with Gasteiger partial charge >= 0.3 is 6.03 Å². The normalized spacial score (nSPS) is 14.1. The second-order valence-corrected chi connectivity index (χ2v) is 9.85. The molecule has 0 saturated carbocycles. The van der Waals surface area contributed by atoms with Crippen LogP contribution in [0, 0.1) is 6.92 Å². The highest BCUT2D eigenvalue weighted by atomic mass is 32.1. The number of pyridine rings is 1. The molecular weight excluding hydrogens is 484 g/mol. The van der Waals surface area contributed by atoms with E-state index < -0.39 is 0 Å². The Hall–Kier alpha value is -4.21. The van der Waals surface area contributed by atoms with Gasteiger partial charge in [-0.1, -0.05) is 36.4 Å². The van der Waals surface area contributed by atoms with Crippen molar-refractivity contribution < 1.29 is 9.59 Å². The summed E-state index contributed by atoms with van der Waals surface area (Å²) < 4.78 is 1.06. The van der Waals surface area contributed by atoms with E-state index in [9.17, 15) is 9.59 Å². The van der Waals surface area contributed by atoms with Crippen molar-refractivity contribution in [2.45, 2.75) is 6.92 Å². The summed E-state index contributed by atoms with van der Waals surface area (Å²) in [6.07, 6.45) is 5.89. The molecule has 0 unspecified atom stereocenters. The number of amides is 3. The Balaban J connectivity index is 1.30. The first-order valence-electron chi connectivity index (χ1n) is 12.0. The van der Waals surface area contributed by atoms with Gasteiger partial charge in [0.25, 0.3) is 0 Å². The Morgan fingerprint density at radius 2 is 2.00 bits per heavy atom. The molecule has 1 saturated heterocycles. The lowest BCUT2D eigenvalue weighted by Gasteiger charge is -2.24. The minimum absolute atomic E-state index is 0.0622. The molecule has 1 fully saturated rings. The highest BCUT2D eigenvalue weighted by Gasteiger charge is 2.15. The summed E-state index contributed by atoms with van der Waals surface area (Å²) in [5.41, 5.74) is 11.8. The van der Waals surface area contributed by atoms with Crippen molar-refractivity contribution >= 4 is 56.6 Å². The maximum absolute atomic E-state index is 12.4. The van der Waals surface area contributed by atoms with Gasteiger partial charge in [-0.2, -0.15) is 0 Å². The number of anilines is 3. The lowest BCUT2D eigenvalue weighted by molar-refractivity contribution is -0.123. The van der Waals surface area contributed by atoms with Gasteiger partial charge < -0.3 is 21.7 Å². The van der Waals surface area contributed by atoms with Gasteiger partial charge in [0.05, 0.1) is 6.54 Å². The largest absolute Gasteiger partial charge is 0.383 e. The van der Waals surface area contributed by atoms with Gasteiger partial charge in [-0.05, 0) is 47.7 Å². The lowest BCUT2D eigenvalue weighted by Crippen LogP contribution is -2.47. The number of piperazine rings is 1. The maximum atomic E-state index is 12.4. The predicted molar refractivity (Wildman–Crippen MR) is 152 cm³/mol. The zero-order valence-electron chi connectivity index (χ0n) is 20.5. The summed E-state index contributed by atoms with van der Waals surface area (Å²) in [4.78, 5) is 30.5. The third-order valence-corrected chi connectivity index (χ3v) is 7.19. The van der Waals surface area contributed by atoms with Crippen LogP contribution in [0.3, 0.4) is 0 Å². The summed E-state index contributed by atoms with van der Waals surface area (Å²) >= 11 is 1.62. The molecule has 8 nitrogen and oxygen atoms in total. The fourth-order valence-corrected chi connectivity index (χ4v) is 5.42. The zero-order valence-corrected chi connectivity index (χ0v) is 21.3. The third kappa shape index (κ3) is 5.79. The molecule has 2 aromatic heterocycles. The molecule has 188 valence electrons. The summed E-state index contributed by atoms with van der Waals surface area (Å²) in [6.45, 7) is 4.62. The van der Waals surface area contributed by atoms with Crippen LogP contribution in [-0.4, -0.2) is 48.0 Å². The molecule has 5 N–H and O–H groups in total. The van der Waals surface area contributed by atoms with Crippen LogP contribution in [0.2, 0.25) is 0 Å². The van der Waals surface area contributed by atoms with Crippen molar-refractivity contribution in [3.8, 4) is 11.1 Å². The van der Waals surface area contributed by atoms with E-state index in [0.29, 0.717) is 31.1 Å². The van der Waals surface area contributed by atoms with Crippen LogP contribution in [0.25, 0.3) is 27.3 Å².